The maximum absolute atomic E-state index is 15.3. The Labute approximate surface area is 671 Å². The molecule has 5 aromatic rings. The van der Waals surface area contributed by atoms with Crippen LogP contribution in [-0.2, 0) is 92.8 Å². The van der Waals surface area contributed by atoms with Crippen molar-refractivity contribution in [3.63, 3.8) is 0 Å². The molecule has 622 valence electrons. The number of aliphatic hydroxyl groups excluding tert-OH is 3. The number of carbonyl (C=O) groups excluding carboxylic acids is 13. The number of aliphatic carboxylic acids is 1. The minimum atomic E-state index is -1.89. The van der Waals surface area contributed by atoms with Gasteiger partial charge in [0.1, 0.15) is 72.5 Å². The van der Waals surface area contributed by atoms with Crippen LogP contribution in [0.1, 0.15) is 95.4 Å². The molecule has 114 heavy (non-hydrogen) atoms. The highest BCUT2D eigenvalue weighted by Crippen LogP contribution is 2.21. The lowest BCUT2D eigenvalue weighted by Gasteiger charge is -2.29. The van der Waals surface area contributed by atoms with Gasteiger partial charge in [0.15, 0.2) is 0 Å². The Balaban J connectivity index is 1.43. The van der Waals surface area contributed by atoms with E-state index in [1.807, 2.05) is 0 Å². The summed E-state index contributed by atoms with van der Waals surface area (Å²) in [6.07, 6.45) is -1.52. The maximum atomic E-state index is 15.3. The first kappa shape index (κ1) is 94.1. The summed E-state index contributed by atoms with van der Waals surface area (Å²) in [5, 5.41) is 75.0. The number of fused-ring (bicyclic) bond motifs is 1. The van der Waals surface area contributed by atoms with Gasteiger partial charge in [0.25, 0.3) is 0 Å². The summed E-state index contributed by atoms with van der Waals surface area (Å²) in [7, 11) is 0. The molecule has 0 bridgehead atoms. The van der Waals surface area contributed by atoms with Gasteiger partial charge in [-0.25, -0.2) is 4.79 Å². The van der Waals surface area contributed by atoms with Crippen molar-refractivity contribution in [1.29, 1.82) is 0 Å². The highest BCUT2D eigenvalue weighted by atomic mass is 32.1. The molecule has 0 spiro atoms. The second-order valence-electron chi connectivity index (χ2n) is 27.9. The fraction of sp³-hybridized carbons (Fsp3) is 0.481. The number of hydrogen-bond acceptors (Lipinski definition) is 22. The number of unbranched alkanes of at least 4 members (excludes halogenated alkanes) is 2. The maximum Gasteiger partial charge on any atom is 0.327 e. The zero-order chi connectivity index (χ0) is 84.1. The fourth-order valence-electron chi connectivity index (χ4n) is 11.7. The number of carbonyl (C=O) groups is 14. The van der Waals surface area contributed by atoms with Crippen LogP contribution in [0.4, 0.5) is 0 Å². The van der Waals surface area contributed by atoms with E-state index in [1.165, 1.54) is 6.92 Å². The van der Waals surface area contributed by atoms with Crippen LogP contribution in [0.3, 0.4) is 0 Å². The van der Waals surface area contributed by atoms with Crippen molar-refractivity contribution in [2.24, 2.45) is 23.1 Å². The average Bonchev–Trinajstić information content (AvgIpc) is 1.75. The lowest BCUT2D eigenvalue weighted by molar-refractivity contribution is -0.142. The van der Waals surface area contributed by atoms with Gasteiger partial charge in [-0.1, -0.05) is 123 Å². The summed E-state index contributed by atoms with van der Waals surface area (Å²) in [6, 6.07) is 12.5. The van der Waals surface area contributed by atoms with E-state index >= 15 is 14.4 Å². The zero-order valence-corrected chi connectivity index (χ0v) is 66.0. The smallest absolute Gasteiger partial charge is 0.327 e. The standard InChI is InChI=1S/C77H109N17O18S2/c1-42(2)62(80)74(108)82-38-61(98)84-59(40-113)73(107)86-52(29-17-19-31-78)66(100)83-43(3)65(99)87-54(33-46-21-9-6-10-22-46)68(102)88-55(34-47-23-11-7-12-24-47)69(103)89-57(36-49-37-81-51-28-16-15-27-50(49)51)70(104)85-53(30-18-20-32-79)67(101)93-63(44(4)96)75(109)90-56(35-48-25-13-8-14-26-48)71(105)94-64(45(5)97)76(110)91-58(39-95)72(106)92-60(41-114)77(111)112/h6-16,21-28,37,42-45,52-60,62-64,81,95-97,113-114H,17-20,29-36,38-41,78-80H2,1-5H3,(H,82,108)(H,83,100)(H,84,98)(H,85,104)(H,86,107)(H,87,99)(H,88,102)(H,89,103)(H,90,109)(H,91,110)(H,92,106)(H,93,101)(H,94,105)(H,111,112)/t43-,44?,45?,52-,53-,54+,55-,56+,57+,58-,59-,60-,62+,63-,64-/m0/s1. The van der Waals surface area contributed by atoms with E-state index in [4.69, 9.17) is 17.2 Å². The van der Waals surface area contributed by atoms with Crippen LogP contribution in [0, 0.1) is 5.92 Å². The molecule has 37 heteroatoms. The summed E-state index contributed by atoms with van der Waals surface area (Å²) < 4.78 is 0. The number of benzene rings is 4. The number of nitrogens with two attached hydrogens (primary N) is 3. The molecule has 0 saturated carbocycles. The van der Waals surface area contributed by atoms with Crippen LogP contribution in [0.15, 0.2) is 121 Å². The quantitative estimate of drug-likeness (QED) is 0.0132. The lowest BCUT2D eigenvalue weighted by Crippen LogP contribution is -2.63. The number of aromatic amines is 1. The molecule has 0 fully saturated rings. The van der Waals surface area contributed by atoms with Gasteiger partial charge in [-0.2, -0.15) is 25.3 Å². The third-order valence-corrected chi connectivity index (χ3v) is 19.1. The molecular weight excluding hydrogens is 1520 g/mol. The van der Waals surface area contributed by atoms with Crippen molar-refractivity contribution in [2.75, 3.05) is 37.7 Å². The first-order chi connectivity index (χ1) is 54.3. The number of nitrogens with one attached hydrogen (secondary N) is 14. The van der Waals surface area contributed by atoms with Crippen LogP contribution in [0.2, 0.25) is 0 Å². The number of aromatic nitrogens is 1. The number of amides is 13. The van der Waals surface area contributed by atoms with Gasteiger partial charge in [0.2, 0.25) is 76.8 Å². The third kappa shape index (κ3) is 30.8. The molecule has 1 heterocycles. The molecule has 24 N–H and O–H groups in total. The molecule has 0 aliphatic heterocycles. The van der Waals surface area contributed by atoms with Crippen LogP contribution in [0.25, 0.3) is 10.9 Å². The van der Waals surface area contributed by atoms with Gasteiger partial charge < -0.3 is 112 Å². The normalized spacial score (nSPS) is 15.2. The molecule has 35 nitrogen and oxygen atoms in total. The number of thiol groups is 2. The van der Waals surface area contributed by atoms with Gasteiger partial charge in [0.05, 0.1) is 31.4 Å². The van der Waals surface area contributed by atoms with Crippen molar-refractivity contribution < 1.29 is 87.5 Å². The van der Waals surface area contributed by atoms with Crippen LogP contribution in [0.5, 0.6) is 0 Å². The molecule has 0 aliphatic rings. The van der Waals surface area contributed by atoms with Gasteiger partial charge in [-0.05, 0) is 107 Å². The summed E-state index contributed by atoms with van der Waals surface area (Å²) in [5.74, 6) is -14.5. The first-order valence-corrected chi connectivity index (χ1v) is 38.7. The minimum Gasteiger partial charge on any atom is -0.480 e. The van der Waals surface area contributed by atoms with E-state index in [0.29, 0.717) is 52.4 Å². The van der Waals surface area contributed by atoms with Crippen LogP contribution >= 0.6 is 25.3 Å². The molecule has 0 aliphatic carbocycles. The molecule has 2 unspecified atom stereocenters. The van der Waals surface area contributed by atoms with E-state index in [-0.39, 0.29) is 75.5 Å². The second kappa shape index (κ2) is 48.5. The number of aliphatic hydroxyl groups is 3. The predicted molar refractivity (Wildman–Crippen MR) is 429 cm³/mol. The Morgan fingerprint density at radius 3 is 1.18 bits per heavy atom. The number of carboxylic acids is 1. The monoisotopic (exact) mass is 1620 g/mol. The molecule has 1 aromatic heterocycles. The largest absolute Gasteiger partial charge is 0.480 e. The second-order valence-corrected chi connectivity index (χ2v) is 28.6. The zero-order valence-electron chi connectivity index (χ0n) is 64.2. The van der Waals surface area contributed by atoms with Crippen molar-refractivity contribution in [3.05, 3.63) is 144 Å². The summed E-state index contributed by atoms with van der Waals surface area (Å²) in [6.45, 7) is 5.90. The van der Waals surface area contributed by atoms with Gasteiger partial charge in [0, 0.05) is 54.3 Å². The van der Waals surface area contributed by atoms with E-state index in [0.717, 1.165) is 13.8 Å². The molecule has 4 aromatic carbocycles. The number of para-hydroxylation sites is 1. The lowest BCUT2D eigenvalue weighted by atomic mass is 10.00. The Hall–Kier alpha value is -10.5. The fourth-order valence-corrected chi connectivity index (χ4v) is 12.2. The van der Waals surface area contributed by atoms with Crippen LogP contribution < -0.4 is 86.3 Å². The number of hydrogen-bond donors (Lipinski definition) is 23. The predicted octanol–water partition coefficient (Wildman–Crippen LogP) is -3.67. The van der Waals surface area contributed by atoms with Crippen LogP contribution in [-0.4, -0.2) is 237 Å². The Bertz CT molecular complexity index is 4020. The van der Waals surface area contributed by atoms with Crippen molar-refractivity contribution in [2.45, 2.75) is 190 Å². The number of rotatable bonds is 49. The van der Waals surface area contributed by atoms with E-state index in [2.05, 4.69) is 99.4 Å². The highest BCUT2D eigenvalue weighted by molar-refractivity contribution is 7.80. The van der Waals surface area contributed by atoms with E-state index in [1.54, 1.807) is 135 Å². The molecule has 0 saturated heterocycles. The van der Waals surface area contributed by atoms with Crippen molar-refractivity contribution >= 4 is 119 Å². The molecule has 13 amide bonds. The summed E-state index contributed by atoms with van der Waals surface area (Å²) in [4.78, 5) is 198. The van der Waals surface area contributed by atoms with E-state index in [9.17, 15) is 73.2 Å². The van der Waals surface area contributed by atoms with Crippen molar-refractivity contribution in [1.82, 2.24) is 74.1 Å². The Kier molecular flexibility index (Phi) is 40.0. The SMILES string of the molecule is CC(O)[C@H](NC(=O)[C@H](CCCCN)NC(=O)[C@@H](Cc1c[nH]c2ccccc12)NC(=O)[C@H](Cc1ccccc1)NC(=O)[C@@H](Cc1ccccc1)NC(=O)[C@H](C)NC(=O)[C@H](CCCCN)NC(=O)[C@H](CS)NC(=O)CNC(=O)[C@H](N)C(C)C)C(=O)N[C@H](Cc1ccccc1)C(=O)N[C@H](C(=O)N[C@@H](CO)C(=O)N[C@@H](CS)C(=O)O)C(C)O. The molecule has 0 radical (unpaired) electrons. The number of H-pyrrole nitrogens is 1. The molecule has 15 atom stereocenters. The topological polar surface area (TPSA) is 570 Å². The van der Waals surface area contributed by atoms with Gasteiger partial charge in [-0.15, -0.1) is 0 Å². The third-order valence-electron chi connectivity index (χ3n) is 18.4. The Morgan fingerprint density at radius 2 is 0.763 bits per heavy atom. The molecule has 5 rings (SSSR count). The van der Waals surface area contributed by atoms with Gasteiger partial charge in [-0.3, -0.25) is 62.3 Å². The van der Waals surface area contributed by atoms with Gasteiger partial charge >= 0.3 is 5.97 Å². The first-order valence-electron chi connectivity index (χ1n) is 37.5. The van der Waals surface area contributed by atoms with Crippen molar-refractivity contribution in [3.8, 4) is 0 Å². The summed E-state index contributed by atoms with van der Waals surface area (Å²) >= 11 is 8.13. The Morgan fingerprint density at radius 1 is 0.404 bits per heavy atom. The number of carboxylic acid groups (broad SMARTS) is 1. The highest BCUT2D eigenvalue weighted by Gasteiger charge is 2.39. The van der Waals surface area contributed by atoms with E-state index < -0.39 is 187 Å². The average molecular weight is 1620 g/mol. The summed E-state index contributed by atoms with van der Waals surface area (Å²) in [5.41, 5.74) is 20.3. The molecular formula is C77H109N17O18S2. The minimum absolute atomic E-state index is 0.0361.